The fraction of sp³-hybridized carbons (Fsp3) is 0.222. The lowest BCUT2D eigenvalue weighted by Crippen LogP contribution is -2.42. The van der Waals surface area contributed by atoms with Gasteiger partial charge in [-0.05, 0) is 49.4 Å². The van der Waals surface area contributed by atoms with Gasteiger partial charge in [-0.1, -0.05) is 11.6 Å². The van der Waals surface area contributed by atoms with Crippen molar-refractivity contribution in [2.45, 2.75) is 13.3 Å². The molecule has 0 bridgehead atoms. The number of hydrogen-bond acceptors (Lipinski definition) is 4. The minimum absolute atomic E-state index is 0.0211. The minimum atomic E-state index is -0.422. The molecule has 2 aromatic carbocycles. The van der Waals surface area contributed by atoms with Crippen molar-refractivity contribution < 1.29 is 19.1 Å². The maximum absolute atomic E-state index is 12.0. The lowest BCUT2D eigenvalue weighted by atomic mass is 10.1. The average molecular weight is 363 g/mol. The molecule has 0 saturated carbocycles. The number of halogens is 1. The third kappa shape index (κ3) is 5.39. The van der Waals surface area contributed by atoms with Gasteiger partial charge in [0.05, 0.1) is 20.1 Å². The van der Waals surface area contributed by atoms with Crippen LogP contribution in [0, 0.1) is 0 Å². The summed E-state index contributed by atoms with van der Waals surface area (Å²) >= 11 is 5.93. The van der Waals surface area contributed by atoms with Crippen LogP contribution in [0.1, 0.15) is 22.8 Å². The van der Waals surface area contributed by atoms with Crippen LogP contribution in [-0.2, 0) is 11.2 Å². The summed E-state index contributed by atoms with van der Waals surface area (Å²) in [5.74, 6) is 0.419. The number of ether oxygens (including phenoxy) is 2. The molecule has 0 atom stereocenters. The number of carbonyl (C=O) groups is 2. The van der Waals surface area contributed by atoms with Gasteiger partial charge in [0.2, 0.25) is 5.91 Å². The molecule has 0 aromatic heterocycles. The van der Waals surface area contributed by atoms with Gasteiger partial charge in [0.1, 0.15) is 11.5 Å². The third-order valence-electron chi connectivity index (χ3n) is 3.34. The van der Waals surface area contributed by atoms with Gasteiger partial charge >= 0.3 is 0 Å². The van der Waals surface area contributed by atoms with Gasteiger partial charge in [-0.3, -0.25) is 20.4 Å². The van der Waals surface area contributed by atoms with Crippen molar-refractivity contribution in [3.63, 3.8) is 0 Å². The van der Waals surface area contributed by atoms with Crippen molar-refractivity contribution in [3.8, 4) is 11.5 Å². The molecular weight excluding hydrogens is 344 g/mol. The van der Waals surface area contributed by atoms with Gasteiger partial charge in [-0.15, -0.1) is 0 Å². The maximum atomic E-state index is 12.0. The highest BCUT2D eigenvalue weighted by Gasteiger charge is 2.11. The second-order valence-corrected chi connectivity index (χ2v) is 5.53. The predicted molar refractivity (Wildman–Crippen MR) is 94.9 cm³/mol. The molecule has 0 spiro atoms. The van der Waals surface area contributed by atoms with Crippen LogP contribution in [-0.4, -0.2) is 25.5 Å². The Morgan fingerprint density at radius 1 is 1.08 bits per heavy atom. The summed E-state index contributed by atoms with van der Waals surface area (Å²) < 4.78 is 10.5. The molecule has 0 unspecified atom stereocenters. The highest BCUT2D eigenvalue weighted by Crippen LogP contribution is 2.22. The lowest BCUT2D eigenvalue weighted by molar-refractivity contribution is -0.121. The van der Waals surface area contributed by atoms with Crippen molar-refractivity contribution in [1.82, 2.24) is 10.9 Å². The van der Waals surface area contributed by atoms with Crippen LogP contribution in [0.15, 0.2) is 42.5 Å². The predicted octanol–water partition coefficient (Wildman–Crippen LogP) is 2.75. The van der Waals surface area contributed by atoms with Crippen molar-refractivity contribution in [1.29, 1.82) is 0 Å². The first kappa shape index (κ1) is 18.6. The van der Waals surface area contributed by atoms with Gasteiger partial charge in [0.25, 0.3) is 5.91 Å². The molecule has 132 valence electrons. The standard InChI is InChI=1S/C18H19ClN2O4/c1-3-25-15-7-4-12(5-8-15)18(23)21-20-17(22)11-13-10-14(19)6-9-16(13)24-2/h4-10H,3,11H2,1-2H3,(H,20,22)(H,21,23). The first-order valence-electron chi connectivity index (χ1n) is 7.68. The number of hydrogen-bond donors (Lipinski definition) is 2. The second-order valence-electron chi connectivity index (χ2n) is 5.09. The molecule has 2 N–H and O–H groups in total. The average Bonchev–Trinajstić information content (AvgIpc) is 2.61. The Morgan fingerprint density at radius 3 is 2.44 bits per heavy atom. The molecule has 2 amide bonds. The van der Waals surface area contributed by atoms with Crippen molar-refractivity contribution >= 4 is 23.4 Å². The summed E-state index contributed by atoms with van der Waals surface area (Å²) in [6.07, 6.45) is 0.0211. The van der Waals surface area contributed by atoms with Crippen molar-refractivity contribution in [2.75, 3.05) is 13.7 Å². The molecular formula is C18H19ClN2O4. The Labute approximate surface area is 151 Å². The minimum Gasteiger partial charge on any atom is -0.496 e. The van der Waals surface area contributed by atoms with Gasteiger partial charge < -0.3 is 9.47 Å². The lowest BCUT2D eigenvalue weighted by Gasteiger charge is -2.11. The molecule has 0 heterocycles. The summed E-state index contributed by atoms with van der Waals surface area (Å²) in [5.41, 5.74) is 5.78. The number of rotatable bonds is 6. The topological polar surface area (TPSA) is 76.7 Å². The first-order valence-corrected chi connectivity index (χ1v) is 8.05. The zero-order valence-electron chi connectivity index (χ0n) is 14.0. The van der Waals surface area contributed by atoms with Gasteiger partial charge in [-0.25, -0.2) is 0 Å². The van der Waals surface area contributed by atoms with E-state index in [1.54, 1.807) is 42.5 Å². The fourth-order valence-electron chi connectivity index (χ4n) is 2.17. The van der Waals surface area contributed by atoms with E-state index in [0.29, 0.717) is 34.3 Å². The van der Waals surface area contributed by atoms with Crippen LogP contribution < -0.4 is 20.3 Å². The van der Waals surface area contributed by atoms with E-state index in [-0.39, 0.29) is 12.3 Å². The number of carbonyl (C=O) groups excluding carboxylic acids is 2. The molecule has 0 aliphatic rings. The Balaban J connectivity index is 1.91. The van der Waals surface area contributed by atoms with Crippen LogP contribution >= 0.6 is 11.6 Å². The van der Waals surface area contributed by atoms with Gasteiger partial charge in [0.15, 0.2) is 0 Å². The van der Waals surface area contributed by atoms with E-state index >= 15 is 0 Å². The third-order valence-corrected chi connectivity index (χ3v) is 3.57. The van der Waals surface area contributed by atoms with Crippen LogP contribution in [0.25, 0.3) is 0 Å². The number of methoxy groups -OCH3 is 1. The van der Waals surface area contributed by atoms with Crippen molar-refractivity contribution in [3.05, 3.63) is 58.6 Å². The van der Waals surface area contributed by atoms with Crippen LogP contribution in [0.3, 0.4) is 0 Å². The number of hydrazine groups is 1. The number of amides is 2. The highest BCUT2D eigenvalue weighted by atomic mass is 35.5. The Hall–Kier alpha value is -2.73. The molecule has 0 saturated heterocycles. The monoisotopic (exact) mass is 362 g/mol. The fourth-order valence-corrected chi connectivity index (χ4v) is 2.37. The molecule has 0 fully saturated rings. The Bertz CT molecular complexity index is 747. The van der Waals surface area contributed by atoms with Crippen LogP contribution in [0.5, 0.6) is 11.5 Å². The zero-order chi connectivity index (χ0) is 18.2. The molecule has 0 aliphatic heterocycles. The summed E-state index contributed by atoms with van der Waals surface area (Å²) in [5, 5.41) is 0.502. The summed E-state index contributed by atoms with van der Waals surface area (Å²) in [6.45, 7) is 2.43. The molecule has 7 heteroatoms. The quantitative estimate of drug-likeness (QED) is 0.775. The smallest absolute Gasteiger partial charge is 0.269 e. The second kappa shape index (κ2) is 8.94. The molecule has 2 rings (SSSR count). The van der Waals surface area contributed by atoms with E-state index in [2.05, 4.69) is 10.9 Å². The largest absolute Gasteiger partial charge is 0.496 e. The number of benzene rings is 2. The summed E-state index contributed by atoms with van der Waals surface area (Å²) in [4.78, 5) is 24.1. The Morgan fingerprint density at radius 2 is 1.80 bits per heavy atom. The van der Waals surface area contributed by atoms with E-state index in [1.165, 1.54) is 7.11 Å². The van der Waals surface area contributed by atoms with E-state index in [9.17, 15) is 9.59 Å². The van der Waals surface area contributed by atoms with Gasteiger partial charge in [-0.2, -0.15) is 0 Å². The summed E-state index contributed by atoms with van der Waals surface area (Å²) in [7, 11) is 1.51. The number of nitrogens with one attached hydrogen (secondary N) is 2. The van der Waals surface area contributed by atoms with Crippen LogP contribution in [0.2, 0.25) is 5.02 Å². The van der Waals surface area contributed by atoms with E-state index < -0.39 is 5.91 Å². The molecule has 25 heavy (non-hydrogen) atoms. The molecule has 2 aromatic rings. The zero-order valence-corrected chi connectivity index (χ0v) is 14.7. The van der Waals surface area contributed by atoms with E-state index in [0.717, 1.165) is 0 Å². The molecule has 0 radical (unpaired) electrons. The van der Waals surface area contributed by atoms with Crippen molar-refractivity contribution in [2.24, 2.45) is 0 Å². The Kier molecular flexibility index (Phi) is 6.65. The van der Waals surface area contributed by atoms with Crippen LogP contribution in [0.4, 0.5) is 0 Å². The summed E-state index contributed by atoms with van der Waals surface area (Å²) in [6, 6.07) is 11.6. The van der Waals surface area contributed by atoms with Gasteiger partial charge in [0, 0.05) is 16.1 Å². The SMILES string of the molecule is CCOc1ccc(C(=O)NNC(=O)Cc2cc(Cl)ccc2OC)cc1. The maximum Gasteiger partial charge on any atom is 0.269 e. The normalized spacial score (nSPS) is 10.0. The van der Waals surface area contributed by atoms with E-state index in [4.69, 9.17) is 21.1 Å². The van der Waals surface area contributed by atoms with E-state index in [1.807, 2.05) is 6.92 Å². The first-order chi connectivity index (χ1) is 12.0. The highest BCUT2D eigenvalue weighted by molar-refractivity contribution is 6.30. The molecule has 6 nitrogen and oxygen atoms in total. The molecule has 0 aliphatic carbocycles.